The second-order valence-electron chi connectivity index (χ2n) is 13.5. The fourth-order valence-corrected chi connectivity index (χ4v) is 16.3. The quantitative estimate of drug-likeness (QED) is 0.160. The zero-order chi connectivity index (χ0) is 28.1. The van der Waals surface area contributed by atoms with Crippen LogP contribution in [0.3, 0.4) is 0 Å². The molecule has 0 saturated carbocycles. The summed E-state index contributed by atoms with van der Waals surface area (Å²) in [7, 11) is -2.98. The van der Waals surface area contributed by atoms with Crippen molar-refractivity contribution < 1.29 is 0 Å². The molecule has 6 heteroatoms. The van der Waals surface area contributed by atoms with Crippen molar-refractivity contribution in [2.75, 3.05) is 0 Å². The molecule has 0 N–H and O–H groups in total. The van der Waals surface area contributed by atoms with Gasteiger partial charge < -0.3 is 0 Å². The maximum absolute atomic E-state index is 2.62. The Labute approximate surface area is 255 Å². The highest BCUT2D eigenvalue weighted by molar-refractivity contribution is 7.29. The van der Waals surface area contributed by atoms with Crippen molar-refractivity contribution in [2.24, 2.45) is 0 Å². The minimum Gasteiger partial charge on any atom is -0.144 e. The smallest absolute Gasteiger partial charge is 0.0795 e. The molecule has 0 bridgehead atoms. The lowest BCUT2D eigenvalue weighted by Gasteiger charge is -2.18. The first kappa shape index (κ1) is 27.3. The molecule has 0 aliphatic carbocycles. The Morgan fingerprint density at radius 1 is 0.550 bits per heavy atom. The van der Waals surface area contributed by atoms with Crippen molar-refractivity contribution in [3.8, 4) is 0 Å². The van der Waals surface area contributed by atoms with E-state index in [4.69, 9.17) is 0 Å². The number of fused-ring (bicyclic) bond motifs is 11. The van der Waals surface area contributed by atoms with Crippen LogP contribution in [0.15, 0.2) is 35.0 Å². The average molecular weight is 631 g/mol. The Morgan fingerprint density at radius 2 is 0.950 bits per heavy atom. The molecule has 0 amide bonds. The standard InChI is InChI=1S/C34H38S4Si2/c1-9-11-19-20(12-10-2)34-30(28-22-14-16-36-32(22)26(40(6,7)8)18-24(28)38-34)29-27-21-13-15-35-31(21)25(39(3,4)5)17-23(27)37-33(19)29/h13-18H,9-12H2,1-8H3. The summed E-state index contributed by atoms with van der Waals surface area (Å²) >= 11 is 8.12. The van der Waals surface area contributed by atoms with E-state index in [0.29, 0.717) is 0 Å². The molecule has 0 fully saturated rings. The second-order valence-corrected chi connectivity index (χ2v) is 27.5. The molecule has 4 heterocycles. The molecule has 0 atom stereocenters. The van der Waals surface area contributed by atoms with Gasteiger partial charge in [0.25, 0.3) is 0 Å². The van der Waals surface area contributed by atoms with Gasteiger partial charge in [-0.2, -0.15) is 0 Å². The van der Waals surface area contributed by atoms with Gasteiger partial charge in [-0.05, 0) is 69.4 Å². The monoisotopic (exact) mass is 630 g/mol. The summed E-state index contributed by atoms with van der Waals surface area (Å²) in [4.78, 5) is 0. The highest BCUT2D eigenvalue weighted by atomic mass is 32.1. The van der Waals surface area contributed by atoms with E-state index in [2.05, 4.69) is 111 Å². The van der Waals surface area contributed by atoms with Gasteiger partial charge >= 0.3 is 0 Å². The number of rotatable bonds is 6. The third-order valence-corrected chi connectivity index (χ3v) is 17.2. The highest BCUT2D eigenvalue weighted by Gasteiger charge is 2.29. The molecule has 7 aromatic rings. The molecule has 0 radical (unpaired) electrons. The number of hydrogen-bond acceptors (Lipinski definition) is 4. The lowest BCUT2D eigenvalue weighted by atomic mass is 9.92. The van der Waals surface area contributed by atoms with Crippen molar-refractivity contribution in [3.05, 3.63) is 46.2 Å². The van der Waals surface area contributed by atoms with E-state index < -0.39 is 16.1 Å². The Balaban J connectivity index is 1.80. The minimum atomic E-state index is -1.49. The summed E-state index contributed by atoms with van der Waals surface area (Å²) < 4.78 is 9.23. The highest BCUT2D eigenvalue weighted by Crippen LogP contribution is 2.52. The lowest BCUT2D eigenvalue weighted by molar-refractivity contribution is 0.877. The van der Waals surface area contributed by atoms with E-state index in [-0.39, 0.29) is 0 Å². The van der Waals surface area contributed by atoms with Gasteiger partial charge in [0, 0.05) is 60.5 Å². The summed E-state index contributed by atoms with van der Waals surface area (Å²) in [5.74, 6) is 0. The van der Waals surface area contributed by atoms with Crippen molar-refractivity contribution >= 4 is 132 Å². The zero-order valence-electron chi connectivity index (χ0n) is 24.9. The molecule has 0 spiro atoms. The molecule has 206 valence electrons. The second kappa shape index (κ2) is 9.48. The molecule has 0 saturated heterocycles. The SMILES string of the molecule is CCCc1c(CCC)c2sc3cc([Si](C)(C)C)c4sccc4c3c2c2c1sc1cc([Si](C)(C)C)c3sccc3c12. The van der Waals surface area contributed by atoms with E-state index in [0.717, 1.165) is 0 Å². The average Bonchev–Trinajstić information content (AvgIpc) is 3.65. The van der Waals surface area contributed by atoms with Gasteiger partial charge in [-0.3, -0.25) is 0 Å². The summed E-state index contributed by atoms with van der Waals surface area (Å²) in [6.07, 6.45) is 4.73. The van der Waals surface area contributed by atoms with Crippen molar-refractivity contribution in [2.45, 2.75) is 78.8 Å². The van der Waals surface area contributed by atoms with E-state index in [1.807, 2.05) is 22.7 Å². The van der Waals surface area contributed by atoms with Gasteiger partial charge in [0.05, 0.1) is 16.1 Å². The van der Waals surface area contributed by atoms with E-state index in [9.17, 15) is 0 Å². The van der Waals surface area contributed by atoms with Gasteiger partial charge in [0.15, 0.2) is 0 Å². The van der Waals surface area contributed by atoms with Crippen LogP contribution in [0, 0.1) is 0 Å². The third-order valence-electron chi connectivity index (χ3n) is 8.56. The molecule has 7 rings (SSSR count). The molecule has 0 aliphatic rings. The normalized spacial score (nSPS) is 13.4. The predicted molar refractivity (Wildman–Crippen MR) is 197 cm³/mol. The number of hydrogen-bond donors (Lipinski definition) is 0. The van der Waals surface area contributed by atoms with E-state index in [1.165, 1.54) is 66.0 Å². The maximum atomic E-state index is 2.62. The van der Waals surface area contributed by atoms with Gasteiger partial charge in [-0.1, -0.05) is 66.0 Å². The molecule has 0 unspecified atom stereocenters. The number of aryl methyl sites for hydroxylation is 2. The van der Waals surface area contributed by atoms with E-state index >= 15 is 0 Å². The molecule has 0 nitrogen and oxygen atoms in total. The molecular weight excluding hydrogens is 593 g/mol. The molecule has 4 aromatic heterocycles. The Kier molecular flexibility index (Phi) is 6.47. The predicted octanol–water partition coefficient (Wildman–Crippen LogP) is 11.8. The molecule has 0 aliphatic heterocycles. The van der Waals surface area contributed by atoms with Crippen LogP contribution in [0.2, 0.25) is 39.3 Å². The van der Waals surface area contributed by atoms with Crippen LogP contribution in [-0.2, 0) is 12.8 Å². The molecule has 3 aromatic carbocycles. The number of thiophene rings is 4. The van der Waals surface area contributed by atoms with Gasteiger partial charge in [0.1, 0.15) is 0 Å². The van der Waals surface area contributed by atoms with Gasteiger partial charge in [-0.25, -0.2) is 0 Å². The Hall–Kier alpha value is -1.55. The topological polar surface area (TPSA) is 0 Å². The molecular formula is C34H38S4Si2. The summed E-state index contributed by atoms with van der Waals surface area (Å²) in [5, 5.41) is 17.1. The Bertz CT molecular complexity index is 1950. The van der Waals surface area contributed by atoms with Crippen LogP contribution in [-0.4, -0.2) is 16.1 Å². The lowest BCUT2D eigenvalue weighted by Crippen LogP contribution is -2.37. The fourth-order valence-electron chi connectivity index (χ4n) is 6.78. The van der Waals surface area contributed by atoms with Crippen molar-refractivity contribution in [1.29, 1.82) is 0 Å². The third kappa shape index (κ3) is 3.90. The first-order chi connectivity index (χ1) is 19.0. The van der Waals surface area contributed by atoms with Gasteiger partial charge in [-0.15, -0.1) is 45.3 Å². The van der Waals surface area contributed by atoms with Crippen LogP contribution in [0.4, 0.5) is 0 Å². The largest absolute Gasteiger partial charge is 0.144 e. The van der Waals surface area contributed by atoms with Crippen LogP contribution in [0.25, 0.3) is 60.5 Å². The number of benzene rings is 3. The van der Waals surface area contributed by atoms with Crippen LogP contribution in [0.5, 0.6) is 0 Å². The summed E-state index contributed by atoms with van der Waals surface area (Å²) in [6.45, 7) is 19.8. The molecule has 40 heavy (non-hydrogen) atoms. The summed E-state index contributed by atoms with van der Waals surface area (Å²) in [6, 6.07) is 10.1. The van der Waals surface area contributed by atoms with Crippen molar-refractivity contribution in [3.63, 3.8) is 0 Å². The van der Waals surface area contributed by atoms with Gasteiger partial charge in [0.2, 0.25) is 0 Å². The van der Waals surface area contributed by atoms with Crippen LogP contribution >= 0.6 is 45.3 Å². The van der Waals surface area contributed by atoms with Crippen LogP contribution < -0.4 is 10.4 Å². The Morgan fingerprint density at radius 3 is 1.30 bits per heavy atom. The van der Waals surface area contributed by atoms with Crippen LogP contribution in [0.1, 0.15) is 37.8 Å². The van der Waals surface area contributed by atoms with E-state index in [1.54, 1.807) is 41.7 Å². The maximum Gasteiger partial charge on any atom is 0.0795 e. The first-order valence-corrected chi connectivity index (χ1v) is 25.1. The fraction of sp³-hybridized carbons (Fsp3) is 0.353. The first-order valence-electron chi connectivity index (χ1n) is 14.7. The summed E-state index contributed by atoms with van der Waals surface area (Å²) in [5.41, 5.74) is 3.29. The van der Waals surface area contributed by atoms with Crippen molar-refractivity contribution in [1.82, 2.24) is 0 Å². The minimum absolute atomic E-state index is 1.17. The zero-order valence-corrected chi connectivity index (χ0v) is 30.2.